The highest BCUT2D eigenvalue weighted by Crippen LogP contribution is 2.34. The van der Waals surface area contributed by atoms with E-state index in [4.69, 9.17) is 27.9 Å². The van der Waals surface area contributed by atoms with Gasteiger partial charge in [0.2, 0.25) is 0 Å². The first-order valence-corrected chi connectivity index (χ1v) is 7.80. The van der Waals surface area contributed by atoms with Crippen LogP contribution in [-0.2, 0) is 4.74 Å². The number of quaternary nitrogens is 1. The van der Waals surface area contributed by atoms with E-state index in [1.807, 2.05) is 13.8 Å². The fraction of sp³-hybridized carbons (Fsp3) is 0.533. The van der Waals surface area contributed by atoms with Crippen molar-refractivity contribution in [2.24, 2.45) is 5.92 Å². The van der Waals surface area contributed by atoms with Gasteiger partial charge in [-0.05, 0) is 26.0 Å². The predicted molar refractivity (Wildman–Crippen MR) is 82.0 cm³/mol. The van der Waals surface area contributed by atoms with Crippen LogP contribution >= 0.6 is 23.2 Å². The average Bonchev–Trinajstić information content (AvgIpc) is 2.43. The second kappa shape index (κ2) is 6.42. The van der Waals surface area contributed by atoms with Crippen LogP contribution in [0.5, 0.6) is 5.75 Å². The third-order valence-corrected chi connectivity index (χ3v) is 4.53. The van der Waals surface area contributed by atoms with Crippen LogP contribution in [0, 0.1) is 5.92 Å². The number of piperidine rings is 1. The number of esters is 1. The molecule has 0 aliphatic carbocycles. The van der Waals surface area contributed by atoms with E-state index in [1.165, 1.54) is 12.1 Å². The van der Waals surface area contributed by atoms with Crippen molar-refractivity contribution in [3.63, 3.8) is 0 Å². The SMILES string of the molecule is CC(C)(OC(=O)c1cc(Cl)cc(Cl)c1O)C1CC[NH2+]CC1. The molecule has 1 aliphatic heterocycles. The zero-order valence-electron chi connectivity index (χ0n) is 12.2. The number of rotatable bonds is 3. The van der Waals surface area contributed by atoms with Crippen LogP contribution in [0.4, 0.5) is 0 Å². The molecule has 0 unspecified atom stereocenters. The van der Waals surface area contributed by atoms with Gasteiger partial charge in [-0.25, -0.2) is 4.79 Å². The third kappa shape index (κ3) is 3.82. The summed E-state index contributed by atoms with van der Waals surface area (Å²) in [4.78, 5) is 12.3. The number of ether oxygens (including phenoxy) is 1. The van der Waals surface area contributed by atoms with E-state index in [0.717, 1.165) is 25.9 Å². The number of phenolic OH excluding ortho intramolecular Hbond substituents is 1. The predicted octanol–water partition coefficient (Wildman–Crippen LogP) is 2.61. The maximum absolute atomic E-state index is 12.3. The zero-order chi connectivity index (χ0) is 15.6. The molecule has 0 saturated carbocycles. The van der Waals surface area contributed by atoms with E-state index in [2.05, 4.69) is 5.32 Å². The van der Waals surface area contributed by atoms with Crippen LogP contribution in [0.2, 0.25) is 10.0 Å². The fourth-order valence-electron chi connectivity index (χ4n) is 2.72. The molecule has 0 amide bonds. The average molecular weight is 333 g/mol. The molecular formula is C15H20Cl2NO3+. The molecular weight excluding hydrogens is 313 g/mol. The van der Waals surface area contributed by atoms with Gasteiger partial charge in [0.25, 0.3) is 0 Å². The van der Waals surface area contributed by atoms with Crippen LogP contribution in [-0.4, -0.2) is 29.8 Å². The Morgan fingerprint density at radius 2 is 1.95 bits per heavy atom. The van der Waals surface area contributed by atoms with Gasteiger partial charge in [0, 0.05) is 23.8 Å². The van der Waals surface area contributed by atoms with Crippen molar-refractivity contribution < 1.29 is 20.0 Å². The van der Waals surface area contributed by atoms with Crippen molar-refractivity contribution in [2.45, 2.75) is 32.3 Å². The Kier molecular flexibility index (Phi) is 5.02. The lowest BCUT2D eigenvalue weighted by Crippen LogP contribution is -2.86. The van der Waals surface area contributed by atoms with Gasteiger partial charge >= 0.3 is 5.97 Å². The van der Waals surface area contributed by atoms with Crippen LogP contribution in [0.15, 0.2) is 12.1 Å². The molecule has 0 spiro atoms. The molecule has 1 aromatic rings. The second-order valence-corrected chi connectivity index (χ2v) is 6.76. The number of hydrogen-bond acceptors (Lipinski definition) is 3. The van der Waals surface area contributed by atoms with Gasteiger partial charge < -0.3 is 15.2 Å². The molecule has 1 aromatic carbocycles. The van der Waals surface area contributed by atoms with Gasteiger partial charge in [0.05, 0.1) is 18.1 Å². The molecule has 0 bridgehead atoms. The summed E-state index contributed by atoms with van der Waals surface area (Å²) >= 11 is 11.7. The van der Waals surface area contributed by atoms with Gasteiger partial charge in [-0.15, -0.1) is 0 Å². The standard InChI is InChI=1S/C15H19Cl2NO3/c1-15(2,9-3-5-18-6-4-9)21-14(20)11-7-10(16)8-12(17)13(11)19/h7-9,18-19H,3-6H2,1-2H3/p+1. The maximum atomic E-state index is 12.3. The summed E-state index contributed by atoms with van der Waals surface area (Å²) in [5.41, 5.74) is -0.588. The summed E-state index contributed by atoms with van der Waals surface area (Å²) in [5.74, 6) is -0.585. The van der Waals surface area contributed by atoms with Crippen LogP contribution in [0.3, 0.4) is 0 Å². The van der Waals surface area contributed by atoms with Gasteiger partial charge in [-0.3, -0.25) is 0 Å². The van der Waals surface area contributed by atoms with Crippen molar-refractivity contribution >= 4 is 29.2 Å². The van der Waals surface area contributed by atoms with Crippen molar-refractivity contribution in [3.05, 3.63) is 27.7 Å². The first kappa shape index (κ1) is 16.4. The van der Waals surface area contributed by atoms with E-state index >= 15 is 0 Å². The summed E-state index contributed by atoms with van der Waals surface area (Å²) in [6.45, 7) is 5.90. The van der Waals surface area contributed by atoms with Gasteiger partial charge in [0.1, 0.15) is 16.9 Å². The second-order valence-electron chi connectivity index (χ2n) is 5.92. The zero-order valence-corrected chi connectivity index (χ0v) is 13.7. The fourth-order valence-corrected chi connectivity index (χ4v) is 3.21. The Morgan fingerprint density at radius 3 is 2.57 bits per heavy atom. The van der Waals surface area contributed by atoms with E-state index in [0.29, 0.717) is 5.92 Å². The number of phenols is 1. The lowest BCUT2D eigenvalue weighted by molar-refractivity contribution is -0.665. The number of hydrogen-bond donors (Lipinski definition) is 2. The Labute approximate surface area is 134 Å². The van der Waals surface area contributed by atoms with E-state index in [1.54, 1.807) is 0 Å². The molecule has 4 nitrogen and oxygen atoms in total. The highest BCUT2D eigenvalue weighted by Gasteiger charge is 2.36. The van der Waals surface area contributed by atoms with Crippen molar-refractivity contribution in [1.29, 1.82) is 0 Å². The molecule has 3 N–H and O–H groups in total. The number of halogens is 2. The minimum absolute atomic E-state index is 0.00273. The summed E-state index contributed by atoms with van der Waals surface area (Å²) in [6.07, 6.45) is 2.01. The molecule has 0 radical (unpaired) electrons. The Morgan fingerprint density at radius 1 is 1.33 bits per heavy atom. The lowest BCUT2D eigenvalue weighted by atomic mass is 9.83. The first-order chi connectivity index (χ1) is 9.81. The highest BCUT2D eigenvalue weighted by molar-refractivity contribution is 6.36. The molecule has 1 aliphatic rings. The number of benzene rings is 1. The molecule has 0 aromatic heterocycles. The summed E-state index contributed by atoms with van der Waals surface area (Å²) in [7, 11) is 0. The smallest absolute Gasteiger partial charge is 0.342 e. The summed E-state index contributed by atoms with van der Waals surface area (Å²) in [5, 5.41) is 12.5. The number of aromatic hydroxyl groups is 1. The Bertz CT molecular complexity index is 540. The Hall–Kier alpha value is -0.970. The maximum Gasteiger partial charge on any atom is 0.342 e. The van der Waals surface area contributed by atoms with Gasteiger partial charge in [-0.1, -0.05) is 23.2 Å². The summed E-state index contributed by atoms with van der Waals surface area (Å²) in [6, 6.07) is 2.76. The van der Waals surface area contributed by atoms with Gasteiger partial charge in [0.15, 0.2) is 0 Å². The summed E-state index contributed by atoms with van der Waals surface area (Å²) < 4.78 is 5.62. The van der Waals surface area contributed by atoms with Crippen LogP contribution < -0.4 is 5.32 Å². The molecule has 1 heterocycles. The number of carbonyl (C=O) groups is 1. The third-order valence-electron chi connectivity index (χ3n) is 4.03. The van der Waals surface area contributed by atoms with E-state index in [9.17, 15) is 9.90 Å². The topological polar surface area (TPSA) is 63.1 Å². The molecule has 6 heteroatoms. The van der Waals surface area contributed by atoms with Gasteiger partial charge in [-0.2, -0.15) is 0 Å². The quantitative estimate of drug-likeness (QED) is 0.836. The largest absolute Gasteiger partial charge is 0.505 e. The first-order valence-electron chi connectivity index (χ1n) is 7.04. The molecule has 21 heavy (non-hydrogen) atoms. The molecule has 116 valence electrons. The lowest BCUT2D eigenvalue weighted by Gasteiger charge is -2.35. The Balaban J connectivity index is 2.17. The van der Waals surface area contributed by atoms with Crippen molar-refractivity contribution in [3.8, 4) is 5.75 Å². The molecule has 1 fully saturated rings. The van der Waals surface area contributed by atoms with Crippen LogP contribution in [0.1, 0.15) is 37.0 Å². The van der Waals surface area contributed by atoms with E-state index in [-0.39, 0.29) is 21.4 Å². The van der Waals surface area contributed by atoms with Crippen molar-refractivity contribution in [1.82, 2.24) is 0 Å². The molecule has 2 rings (SSSR count). The highest BCUT2D eigenvalue weighted by atomic mass is 35.5. The van der Waals surface area contributed by atoms with E-state index < -0.39 is 11.6 Å². The number of nitrogens with two attached hydrogens (primary N) is 1. The molecule has 0 atom stereocenters. The van der Waals surface area contributed by atoms with Crippen molar-refractivity contribution in [2.75, 3.05) is 13.1 Å². The number of carbonyl (C=O) groups excluding carboxylic acids is 1. The van der Waals surface area contributed by atoms with Crippen LogP contribution in [0.25, 0.3) is 0 Å². The minimum atomic E-state index is -0.601. The minimum Gasteiger partial charge on any atom is -0.505 e. The normalized spacial score (nSPS) is 16.8. The monoisotopic (exact) mass is 332 g/mol. The molecule has 1 saturated heterocycles.